The molecule has 0 saturated carbocycles. The number of hydrogen-bond acceptors (Lipinski definition) is 5. The highest BCUT2D eigenvalue weighted by atomic mass is 16.3. The molecule has 1 atom stereocenters. The number of phenols is 1. The van der Waals surface area contributed by atoms with Crippen molar-refractivity contribution in [1.29, 1.82) is 0 Å². The average molecular weight is 365 g/mol. The van der Waals surface area contributed by atoms with E-state index in [0.717, 1.165) is 47.6 Å². The topological polar surface area (TPSA) is 77.1 Å². The summed E-state index contributed by atoms with van der Waals surface area (Å²) in [5.41, 5.74) is 4.96. The van der Waals surface area contributed by atoms with Crippen molar-refractivity contribution >= 4 is 11.0 Å². The first-order valence-corrected chi connectivity index (χ1v) is 9.46. The molecule has 1 fully saturated rings. The first kappa shape index (κ1) is 17.9. The Morgan fingerprint density at radius 2 is 2.00 bits per heavy atom. The van der Waals surface area contributed by atoms with E-state index in [0.29, 0.717) is 6.04 Å². The van der Waals surface area contributed by atoms with Gasteiger partial charge in [-0.3, -0.25) is 10.00 Å². The number of aryl methyl sites for hydroxylation is 1. The van der Waals surface area contributed by atoms with Gasteiger partial charge in [0.2, 0.25) is 0 Å². The number of H-pyrrole nitrogens is 1. The zero-order valence-corrected chi connectivity index (χ0v) is 16.4. The second-order valence-corrected chi connectivity index (χ2v) is 8.24. The summed E-state index contributed by atoms with van der Waals surface area (Å²) in [4.78, 5) is 7.28. The molecule has 1 saturated heterocycles. The first-order valence-electron chi connectivity index (χ1n) is 9.46. The second kappa shape index (κ2) is 6.62. The van der Waals surface area contributed by atoms with Crippen LogP contribution in [0.1, 0.15) is 32.0 Å². The third kappa shape index (κ3) is 3.42. The molecule has 1 unspecified atom stereocenters. The summed E-state index contributed by atoms with van der Waals surface area (Å²) in [6.07, 6.45) is 0. The van der Waals surface area contributed by atoms with Crippen LogP contribution in [0.3, 0.4) is 0 Å². The molecule has 1 aliphatic heterocycles. The summed E-state index contributed by atoms with van der Waals surface area (Å²) in [6, 6.07) is 9.81. The number of nitrogens with one attached hydrogen (secondary N) is 2. The second-order valence-electron chi connectivity index (χ2n) is 8.24. The maximum Gasteiger partial charge on any atom is 0.182 e. The SMILES string of the molecule is Cc1[nH]nc2nc(-c3ccc(O)cc3)cc(CN3CC(C)NCC3(C)C)c12. The highest BCUT2D eigenvalue weighted by Gasteiger charge is 2.32. The lowest BCUT2D eigenvalue weighted by atomic mass is 9.96. The van der Waals surface area contributed by atoms with Crippen molar-refractivity contribution in [1.82, 2.24) is 25.4 Å². The van der Waals surface area contributed by atoms with Crippen LogP contribution in [-0.2, 0) is 6.54 Å². The van der Waals surface area contributed by atoms with Crippen LogP contribution in [-0.4, -0.2) is 49.9 Å². The van der Waals surface area contributed by atoms with Gasteiger partial charge >= 0.3 is 0 Å². The smallest absolute Gasteiger partial charge is 0.182 e. The molecule has 27 heavy (non-hydrogen) atoms. The number of pyridine rings is 1. The quantitative estimate of drug-likeness (QED) is 0.664. The Kier molecular flexibility index (Phi) is 4.40. The number of fused-ring (bicyclic) bond motifs is 1. The van der Waals surface area contributed by atoms with Crippen molar-refractivity contribution < 1.29 is 5.11 Å². The van der Waals surface area contributed by atoms with Crippen molar-refractivity contribution in [2.45, 2.75) is 45.8 Å². The monoisotopic (exact) mass is 365 g/mol. The lowest BCUT2D eigenvalue weighted by Crippen LogP contribution is -2.60. The number of rotatable bonds is 3. The van der Waals surface area contributed by atoms with Crippen LogP contribution in [0.15, 0.2) is 30.3 Å². The van der Waals surface area contributed by atoms with Crippen molar-refractivity contribution in [2.75, 3.05) is 13.1 Å². The van der Waals surface area contributed by atoms with Gasteiger partial charge in [0.1, 0.15) is 5.75 Å². The average Bonchev–Trinajstić information content (AvgIpc) is 3.00. The fourth-order valence-electron chi connectivity index (χ4n) is 3.83. The summed E-state index contributed by atoms with van der Waals surface area (Å²) in [5, 5.41) is 21.8. The van der Waals surface area contributed by atoms with Crippen LogP contribution >= 0.6 is 0 Å². The van der Waals surface area contributed by atoms with E-state index in [1.165, 1.54) is 5.56 Å². The normalized spacial score (nSPS) is 20.2. The Morgan fingerprint density at radius 1 is 1.26 bits per heavy atom. The molecule has 0 amide bonds. The van der Waals surface area contributed by atoms with Crippen molar-refractivity contribution in [3.8, 4) is 17.0 Å². The molecule has 3 heterocycles. The molecule has 4 rings (SSSR count). The largest absolute Gasteiger partial charge is 0.508 e. The molecule has 3 N–H and O–H groups in total. The fourth-order valence-corrected chi connectivity index (χ4v) is 3.83. The number of aromatic nitrogens is 3. The van der Waals surface area contributed by atoms with E-state index in [1.807, 2.05) is 19.1 Å². The van der Waals surface area contributed by atoms with Crippen LogP contribution in [0, 0.1) is 6.92 Å². The Labute approximate surface area is 159 Å². The molecule has 142 valence electrons. The lowest BCUT2D eigenvalue weighted by molar-refractivity contribution is 0.0630. The van der Waals surface area contributed by atoms with Crippen molar-refractivity contribution in [3.05, 3.63) is 41.6 Å². The number of aromatic amines is 1. The molecule has 6 heteroatoms. The van der Waals surface area contributed by atoms with E-state index in [-0.39, 0.29) is 11.3 Å². The maximum atomic E-state index is 9.58. The van der Waals surface area contributed by atoms with E-state index < -0.39 is 0 Å². The van der Waals surface area contributed by atoms with E-state index in [4.69, 9.17) is 4.98 Å². The van der Waals surface area contributed by atoms with Crippen LogP contribution in [0.5, 0.6) is 5.75 Å². The van der Waals surface area contributed by atoms with E-state index >= 15 is 0 Å². The first-order chi connectivity index (χ1) is 12.8. The number of hydrogen-bond donors (Lipinski definition) is 3. The minimum Gasteiger partial charge on any atom is -0.508 e. The van der Waals surface area contributed by atoms with Crippen LogP contribution in [0.25, 0.3) is 22.3 Å². The lowest BCUT2D eigenvalue weighted by Gasteiger charge is -2.45. The maximum absolute atomic E-state index is 9.58. The number of piperazine rings is 1. The van der Waals surface area contributed by atoms with Crippen molar-refractivity contribution in [3.63, 3.8) is 0 Å². The molecule has 0 radical (unpaired) electrons. The summed E-state index contributed by atoms with van der Waals surface area (Å²) in [6.45, 7) is 11.7. The Balaban J connectivity index is 1.78. The highest BCUT2D eigenvalue weighted by molar-refractivity contribution is 5.84. The van der Waals surface area contributed by atoms with Gasteiger partial charge in [-0.1, -0.05) is 0 Å². The van der Waals surface area contributed by atoms with Gasteiger partial charge in [0.25, 0.3) is 0 Å². The van der Waals surface area contributed by atoms with E-state index in [1.54, 1.807) is 12.1 Å². The summed E-state index contributed by atoms with van der Waals surface area (Å²) in [5.74, 6) is 0.257. The number of phenolic OH excluding ortho intramolecular Hbond substituents is 1. The Hall–Kier alpha value is -2.44. The number of nitrogens with zero attached hydrogens (tertiary/aromatic N) is 3. The number of aromatic hydroxyl groups is 1. The molecular weight excluding hydrogens is 338 g/mol. The summed E-state index contributed by atoms with van der Waals surface area (Å²) in [7, 11) is 0. The summed E-state index contributed by atoms with van der Waals surface area (Å²) < 4.78 is 0. The molecule has 3 aromatic rings. The summed E-state index contributed by atoms with van der Waals surface area (Å²) >= 11 is 0. The number of benzene rings is 1. The van der Waals surface area contributed by atoms with Crippen LogP contribution in [0.4, 0.5) is 0 Å². The standard InChI is InChI=1S/C21H27N5O/c1-13-10-26(21(3,4)12-22-13)11-16-9-18(15-5-7-17(27)8-6-15)23-20-19(16)14(2)24-25-20/h5-9,13,22,27H,10-12H2,1-4H3,(H,23,24,25). The third-order valence-electron chi connectivity index (χ3n) is 5.54. The third-order valence-corrected chi connectivity index (χ3v) is 5.54. The van der Waals surface area contributed by atoms with Gasteiger partial charge < -0.3 is 10.4 Å². The van der Waals surface area contributed by atoms with E-state index in [2.05, 4.69) is 47.3 Å². The predicted octanol–water partition coefficient (Wildman–Crippen LogP) is 3.21. The van der Waals surface area contributed by atoms with Gasteiger partial charge in [-0.25, -0.2) is 4.98 Å². The molecule has 0 spiro atoms. The zero-order chi connectivity index (χ0) is 19.2. The van der Waals surface area contributed by atoms with Gasteiger partial charge in [-0.15, -0.1) is 0 Å². The van der Waals surface area contributed by atoms with Gasteiger partial charge in [0, 0.05) is 47.9 Å². The Bertz CT molecular complexity index is 961. The van der Waals surface area contributed by atoms with E-state index in [9.17, 15) is 5.11 Å². The molecular formula is C21H27N5O. The molecule has 0 bridgehead atoms. The zero-order valence-electron chi connectivity index (χ0n) is 16.4. The molecule has 1 aliphatic rings. The molecule has 6 nitrogen and oxygen atoms in total. The van der Waals surface area contributed by atoms with Gasteiger partial charge in [0.15, 0.2) is 5.65 Å². The minimum absolute atomic E-state index is 0.0818. The van der Waals surface area contributed by atoms with Crippen LogP contribution < -0.4 is 5.32 Å². The molecule has 2 aromatic heterocycles. The highest BCUT2D eigenvalue weighted by Crippen LogP contribution is 2.30. The van der Waals surface area contributed by atoms with Crippen LogP contribution in [0.2, 0.25) is 0 Å². The van der Waals surface area contributed by atoms with Gasteiger partial charge in [-0.05, 0) is 63.6 Å². The molecule has 0 aliphatic carbocycles. The van der Waals surface area contributed by atoms with Gasteiger partial charge in [0.05, 0.1) is 5.69 Å². The fraction of sp³-hybridized carbons (Fsp3) is 0.429. The minimum atomic E-state index is 0.0818. The Morgan fingerprint density at radius 3 is 2.74 bits per heavy atom. The van der Waals surface area contributed by atoms with Crippen molar-refractivity contribution in [2.24, 2.45) is 0 Å². The molecule has 1 aromatic carbocycles. The van der Waals surface area contributed by atoms with Gasteiger partial charge in [-0.2, -0.15) is 5.10 Å². The predicted molar refractivity (Wildman–Crippen MR) is 108 cm³/mol.